The largest absolute Gasteiger partial charge is 0.379 e. The average Bonchev–Trinajstić information content (AvgIpc) is 3.23. The van der Waals surface area contributed by atoms with Gasteiger partial charge in [0, 0.05) is 58.0 Å². The maximum atomic E-state index is 5.47. The molecule has 4 rings (SSSR count). The van der Waals surface area contributed by atoms with Gasteiger partial charge in [0.05, 0.1) is 13.2 Å². The Morgan fingerprint density at radius 3 is 2.58 bits per heavy atom. The summed E-state index contributed by atoms with van der Waals surface area (Å²) in [6.07, 6.45) is 3.20. The molecule has 0 aliphatic carbocycles. The first-order valence-corrected chi connectivity index (χ1v) is 11.2. The molecule has 1 aromatic heterocycles. The molecule has 0 bridgehead atoms. The van der Waals surface area contributed by atoms with E-state index in [2.05, 4.69) is 85.9 Å². The van der Waals surface area contributed by atoms with Crippen molar-refractivity contribution in [3.63, 3.8) is 0 Å². The molecule has 164 valence electrons. The second kappa shape index (κ2) is 11.0. The highest BCUT2D eigenvalue weighted by atomic mass is 16.5. The molecule has 0 radical (unpaired) electrons. The Hall–Kier alpha value is -2.83. The molecule has 6 heteroatoms. The first kappa shape index (κ1) is 21.4. The average molecular weight is 420 g/mol. The van der Waals surface area contributed by atoms with Gasteiger partial charge >= 0.3 is 0 Å². The van der Waals surface area contributed by atoms with Gasteiger partial charge < -0.3 is 19.9 Å². The molecule has 0 unspecified atom stereocenters. The van der Waals surface area contributed by atoms with Crippen LogP contribution in [-0.2, 0) is 24.4 Å². The number of aliphatic imine (C=N–C) groups is 1. The van der Waals surface area contributed by atoms with Crippen LogP contribution in [0.2, 0.25) is 0 Å². The maximum absolute atomic E-state index is 5.47. The molecule has 0 saturated carbocycles. The summed E-state index contributed by atoms with van der Waals surface area (Å²) in [5, 5.41) is 8.22. The van der Waals surface area contributed by atoms with Gasteiger partial charge in [-0.3, -0.25) is 9.89 Å². The van der Waals surface area contributed by atoms with E-state index in [9.17, 15) is 0 Å². The van der Waals surface area contributed by atoms with E-state index in [1.165, 1.54) is 22.0 Å². The lowest BCUT2D eigenvalue weighted by Crippen LogP contribution is -2.38. The Kier molecular flexibility index (Phi) is 7.58. The molecule has 0 atom stereocenters. The van der Waals surface area contributed by atoms with Gasteiger partial charge in [0.25, 0.3) is 0 Å². The molecule has 3 aromatic rings. The second-order valence-corrected chi connectivity index (χ2v) is 7.93. The zero-order valence-corrected chi connectivity index (χ0v) is 18.4. The minimum absolute atomic E-state index is 0.766. The van der Waals surface area contributed by atoms with E-state index in [0.29, 0.717) is 0 Å². The molecule has 6 nitrogen and oxygen atoms in total. The number of nitrogens with zero attached hydrogens (tertiary/aromatic N) is 3. The van der Waals surface area contributed by atoms with Crippen molar-refractivity contribution in [2.45, 2.75) is 26.1 Å². The van der Waals surface area contributed by atoms with Crippen molar-refractivity contribution >= 4 is 16.9 Å². The van der Waals surface area contributed by atoms with Crippen molar-refractivity contribution in [2.24, 2.45) is 4.99 Å². The van der Waals surface area contributed by atoms with Crippen LogP contribution in [0.4, 0.5) is 0 Å². The van der Waals surface area contributed by atoms with Crippen molar-refractivity contribution in [1.29, 1.82) is 0 Å². The van der Waals surface area contributed by atoms with Crippen molar-refractivity contribution in [3.05, 3.63) is 71.9 Å². The van der Waals surface area contributed by atoms with Crippen LogP contribution in [0, 0.1) is 0 Å². The summed E-state index contributed by atoms with van der Waals surface area (Å²) < 4.78 is 7.79. The van der Waals surface area contributed by atoms with E-state index in [1.54, 1.807) is 0 Å². The summed E-state index contributed by atoms with van der Waals surface area (Å²) >= 11 is 0. The molecule has 2 aromatic carbocycles. The van der Waals surface area contributed by atoms with Crippen LogP contribution in [0.25, 0.3) is 10.9 Å². The smallest absolute Gasteiger partial charge is 0.191 e. The van der Waals surface area contributed by atoms with Gasteiger partial charge in [-0.1, -0.05) is 42.5 Å². The molecule has 0 spiro atoms. The van der Waals surface area contributed by atoms with Crippen LogP contribution < -0.4 is 10.6 Å². The topological polar surface area (TPSA) is 53.8 Å². The van der Waals surface area contributed by atoms with Gasteiger partial charge in [0.15, 0.2) is 5.96 Å². The summed E-state index contributed by atoms with van der Waals surface area (Å²) in [6, 6.07) is 19.4. The molecule has 0 amide bonds. The third-order valence-corrected chi connectivity index (χ3v) is 5.83. The Morgan fingerprint density at radius 2 is 1.74 bits per heavy atom. The number of fused-ring (bicyclic) bond motifs is 1. The fraction of sp³-hybridized carbons (Fsp3) is 0.400. The Balaban J connectivity index is 1.24. The Labute approximate surface area is 184 Å². The minimum Gasteiger partial charge on any atom is -0.379 e. The third-order valence-electron chi connectivity index (χ3n) is 5.83. The number of aromatic nitrogens is 1. The monoisotopic (exact) mass is 419 g/mol. The molecule has 1 saturated heterocycles. The highest BCUT2D eigenvalue weighted by Crippen LogP contribution is 2.15. The first-order valence-electron chi connectivity index (χ1n) is 11.2. The van der Waals surface area contributed by atoms with E-state index in [4.69, 9.17) is 4.74 Å². The van der Waals surface area contributed by atoms with E-state index in [1.807, 2.05) is 7.05 Å². The minimum atomic E-state index is 0.766. The molecular weight excluding hydrogens is 386 g/mol. The van der Waals surface area contributed by atoms with Gasteiger partial charge in [-0.25, -0.2) is 0 Å². The molecule has 31 heavy (non-hydrogen) atoms. The third kappa shape index (κ3) is 5.87. The van der Waals surface area contributed by atoms with Gasteiger partial charge in [0.1, 0.15) is 0 Å². The maximum Gasteiger partial charge on any atom is 0.191 e. The van der Waals surface area contributed by atoms with E-state index in [0.717, 1.165) is 64.9 Å². The normalized spacial score (nSPS) is 15.3. The Morgan fingerprint density at radius 1 is 0.968 bits per heavy atom. The molecule has 2 heterocycles. The van der Waals surface area contributed by atoms with E-state index < -0.39 is 0 Å². The van der Waals surface area contributed by atoms with Crippen molar-refractivity contribution in [2.75, 3.05) is 39.9 Å². The number of para-hydroxylation sites is 1. The highest BCUT2D eigenvalue weighted by Gasteiger charge is 2.12. The van der Waals surface area contributed by atoms with Crippen molar-refractivity contribution < 1.29 is 4.74 Å². The number of aryl methyl sites for hydroxylation is 1. The SMILES string of the molecule is CN=C(NCCCn1ccc2ccccc21)NCc1ccccc1CN1CCOCC1. The van der Waals surface area contributed by atoms with Gasteiger partial charge in [-0.2, -0.15) is 0 Å². The van der Waals surface area contributed by atoms with Crippen LogP contribution in [0.15, 0.2) is 65.8 Å². The van der Waals surface area contributed by atoms with Gasteiger partial charge in [-0.05, 0) is 35.1 Å². The number of nitrogens with one attached hydrogen (secondary N) is 2. The summed E-state index contributed by atoms with van der Waals surface area (Å²) in [5.41, 5.74) is 3.98. The molecular formula is C25H33N5O. The summed E-state index contributed by atoms with van der Waals surface area (Å²) in [6.45, 7) is 7.26. The fourth-order valence-electron chi connectivity index (χ4n) is 4.08. The molecule has 1 fully saturated rings. The van der Waals surface area contributed by atoms with Crippen molar-refractivity contribution in [1.82, 2.24) is 20.1 Å². The number of hydrogen-bond acceptors (Lipinski definition) is 3. The number of morpholine rings is 1. The second-order valence-electron chi connectivity index (χ2n) is 7.93. The summed E-state index contributed by atoms with van der Waals surface area (Å²) in [7, 11) is 1.83. The van der Waals surface area contributed by atoms with Crippen LogP contribution in [0.1, 0.15) is 17.5 Å². The first-order chi connectivity index (χ1) is 15.3. The predicted molar refractivity (Wildman–Crippen MR) is 127 cm³/mol. The lowest BCUT2D eigenvalue weighted by molar-refractivity contribution is 0.0341. The molecule has 1 aliphatic heterocycles. The van der Waals surface area contributed by atoms with Crippen LogP contribution in [0.3, 0.4) is 0 Å². The zero-order chi connectivity index (χ0) is 21.3. The lowest BCUT2D eigenvalue weighted by Gasteiger charge is -2.27. The lowest BCUT2D eigenvalue weighted by atomic mass is 10.1. The number of hydrogen-bond donors (Lipinski definition) is 2. The highest BCUT2D eigenvalue weighted by molar-refractivity contribution is 5.80. The summed E-state index contributed by atoms with van der Waals surface area (Å²) in [4.78, 5) is 6.85. The van der Waals surface area contributed by atoms with E-state index >= 15 is 0 Å². The zero-order valence-electron chi connectivity index (χ0n) is 18.4. The van der Waals surface area contributed by atoms with Crippen LogP contribution in [0.5, 0.6) is 0 Å². The summed E-state index contributed by atoms with van der Waals surface area (Å²) in [5.74, 6) is 0.846. The van der Waals surface area contributed by atoms with Gasteiger partial charge in [0.2, 0.25) is 0 Å². The standard InChI is InChI=1S/C25H33N5O/c1-26-25(27-12-6-13-30-14-11-21-7-4-5-10-24(21)30)28-19-22-8-2-3-9-23(22)20-29-15-17-31-18-16-29/h2-5,7-11,14H,6,12-13,15-20H2,1H3,(H2,26,27,28). The molecule has 1 aliphatic rings. The van der Waals surface area contributed by atoms with Crippen molar-refractivity contribution in [3.8, 4) is 0 Å². The Bertz CT molecular complexity index is 990. The number of benzene rings is 2. The number of ether oxygens (including phenoxy) is 1. The van der Waals surface area contributed by atoms with Crippen LogP contribution in [-0.4, -0.2) is 55.3 Å². The fourth-order valence-corrected chi connectivity index (χ4v) is 4.08. The molecule has 2 N–H and O–H groups in total. The van der Waals surface area contributed by atoms with Crippen LogP contribution >= 0.6 is 0 Å². The van der Waals surface area contributed by atoms with Gasteiger partial charge in [-0.15, -0.1) is 0 Å². The number of rotatable bonds is 8. The quantitative estimate of drug-likeness (QED) is 0.334. The number of guanidine groups is 1. The predicted octanol–water partition coefficient (Wildman–Crippen LogP) is 3.23. The van der Waals surface area contributed by atoms with E-state index in [-0.39, 0.29) is 0 Å².